The van der Waals surface area contributed by atoms with E-state index in [9.17, 15) is 8.42 Å². The van der Waals surface area contributed by atoms with Crippen molar-refractivity contribution in [2.75, 3.05) is 24.3 Å². The van der Waals surface area contributed by atoms with Gasteiger partial charge in [-0.25, -0.2) is 18.4 Å². The van der Waals surface area contributed by atoms with Crippen molar-refractivity contribution in [3.8, 4) is 11.5 Å². The number of hydrogen-bond donors (Lipinski definition) is 2. The molecule has 2 heterocycles. The van der Waals surface area contributed by atoms with Crippen LogP contribution in [0.4, 0.5) is 17.3 Å². The minimum atomic E-state index is -3.97. The van der Waals surface area contributed by atoms with Crippen molar-refractivity contribution in [2.24, 2.45) is 0 Å². The van der Waals surface area contributed by atoms with E-state index in [1.165, 1.54) is 6.07 Å². The number of hydrogen-bond acceptors (Lipinski definition) is 8. The van der Waals surface area contributed by atoms with Gasteiger partial charge in [0.05, 0.1) is 25.3 Å². The first-order valence-electron chi connectivity index (χ1n) is 8.92. The number of anilines is 3. The minimum absolute atomic E-state index is 0.0249. The van der Waals surface area contributed by atoms with Gasteiger partial charge in [-0.3, -0.25) is 4.72 Å². The third-order valence-corrected chi connectivity index (χ3v) is 7.08. The number of nitrogens with one attached hydrogen (secondary N) is 2. The molecule has 31 heavy (non-hydrogen) atoms. The maximum Gasteiger partial charge on any atom is 0.265 e. The zero-order valence-corrected chi connectivity index (χ0v) is 18.8. The summed E-state index contributed by atoms with van der Waals surface area (Å²) in [6.45, 7) is 0. The molecule has 0 unspecified atom stereocenters. The number of sulfonamides is 1. The number of nitrogens with zero attached hydrogens (tertiary/aromatic N) is 2. The lowest BCUT2D eigenvalue weighted by Gasteiger charge is -2.15. The van der Waals surface area contributed by atoms with E-state index in [1.807, 2.05) is 6.07 Å². The molecule has 0 amide bonds. The Morgan fingerprint density at radius 3 is 2.10 bits per heavy atom. The summed E-state index contributed by atoms with van der Waals surface area (Å²) in [5.41, 5.74) is 1.71. The Bertz CT molecular complexity index is 1340. The highest BCUT2D eigenvalue weighted by Gasteiger charge is 2.22. The van der Waals surface area contributed by atoms with E-state index >= 15 is 0 Å². The van der Waals surface area contributed by atoms with Crippen LogP contribution >= 0.6 is 22.9 Å². The summed E-state index contributed by atoms with van der Waals surface area (Å²) in [5.74, 6) is 1.36. The molecule has 0 fully saturated rings. The fourth-order valence-corrected chi connectivity index (χ4v) is 5.39. The zero-order chi connectivity index (χ0) is 22.0. The first-order chi connectivity index (χ1) is 14.9. The Labute approximate surface area is 187 Å². The third-order valence-electron chi connectivity index (χ3n) is 4.29. The van der Waals surface area contributed by atoms with Crippen molar-refractivity contribution >= 4 is 61.3 Å². The normalized spacial score (nSPS) is 11.3. The summed E-state index contributed by atoms with van der Waals surface area (Å²) in [5, 5.41) is 4.71. The number of rotatable bonds is 7. The van der Waals surface area contributed by atoms with Crippen LogP contribution in [0.5, 0.6) is 11.5 Å². The summed E-state index contributed by atoms with van der Waals surface area (Å²) < 4.78 is 39.1. The summed E-state index contributed by atoms with van der Waals surface area (Å²) in [6.07, 6.45) is 0. The molecular weight excluding hydrogens is 460 g/mol. The van der Waals surface area contributed by atoms with Crippen molar-refractivity contribution in [1.29, 1.82) is 0 Å². The van der Waals surface area contributed by atoms with Gasteiger partial charge in [-0.2, -0.15) is 0 Å². The Morgan fingerprint density at radius 2 is 1.55 bits per heavy atom. The first-order valence-corrected chi connectivity index (χ1v) is 11.7. The highest BCUT2D eigenvalue weighted by molar-refractivity contribution is 7.93. The third kappa shape index (κ3) is 4.50. The lowest BCUT2D eigenvalue weighted by Crippen LogP contribution is -2.15. The van der Waals surface area contributed by atoms with Crippen molar-refractivity contribution in [1.82, 2.24) is 9.97 Å². The van der Waals surface area contributed by atoms with E-state index in [-0.39, 0.29) is 20.9 Å². The molecule has 0 radical (unpaired) electrons. The highest BCUT2D eigenvalue weighted by Crippen LogP contribution is 2.33. The predicted molar refractivity (Wildman–Crippen MR) is 123 cm³/mol. The molecule has 0 atom stereocenters. The fraction of sp³-hybridized carbons (Fsp3) is 0.100. The zero-order valence-electron chi connectivity index (χ0n) is 16.4. The van der Waals surface area contributed by atoms with Crippen molar-refractivity contribution in [2.45, 2.75) is 4.90 Å². The predicted octanol–water partition coefficient (Wildman–Crippen LogP) is 4.91. The number of methoxy groups -OCH3 is 2. The van der Waals surface area contributed by atoms with E-state index < -0.39 is 10.0 Å². The molecule has 0 aliphatic heterocycles. The lowest BCUT2D eigenvalue weighted by molar-refractivity contribution is 0.395. The molecule has 0 spiro atoms. The topological polar surface area (TPSA) is 102 Å². The molecule has 0 aliphatic rings. The Morgan fingerprint density at radius 1 is 0.935 bits per heavy atom. The van der Waals surface area contributed by atoms with E-state index in [4.69, 9.17) is 21.1 Å². The van der Waals surface area contributed by atoms with Gasteiger partial charge in [0, 0.05) is 23.9 Å². The number of fused-ring (bicyclic) bond motifs is 1. The molecule has 2 aromatic heterocycles. The smallest absolute Gasteiger partial charge is 0.265 e. The number of thiophene rings is 1. The molecule has 0 saturated carbocycles. The van der Waals surface area contributed by atoms with Crippen LogP contribution in [0.1, 0.15) is 0 Å². The highest BCUT2D eigenvalue weighted by atomic mass is 35.5. The minimum Gasteiger partial charge on any atom is -0.497 e. The van der Waals surface area contributed by atoms with Crippen LogP contribution in [0.25, 0.3) is 11.0 Å². The maximum absolute atomic E-state index is 12.9. The van der Waals surface area contributed by atoms with Gasteiger partial charge >= 0.3 is 0 Å². The van der Waals surface area contributed by atoms with Crippen LogP contribution in [0, 0.1) is 0 Å². The molecule has 4 rings (SSSR count). The summed E-state index contributed by atoms with van der Waals surface area (Å²) in [4.78, 5) is 9.00. The van der Waals surface area contributed by atoms with E-state index in [0.29, 0.717) is 28.2 Å². The maximum atomic E-state index is 12.9. The SMILES string of the molecule is COc1cc(Nc2nc3ccccc3nc2NS(=O)(=O)c2ccsc2Cl)cc(OC)c1. The lowest BCUT2D eigenvalue weighted by atomic mass is 10.2. The second-order valence-corrected chi connectivity index (χ2v) is 9.47. The van der Waals surface area contributed by atoms with Gasteiger partial charge in [-0.1, -0.05) is 23.7 Å². The number of aromatic nitrogens is 2. The van der Waals surface area contributed by atoms with Gasteiger partial charge in [0.1, 0.15) is 20.7 Å². The second kappa shape index (κ2) is 8.58. The van der Waals surface area contributed by atoms with E-state index in [0.717, 1.165) is 11.3 Å². The molecule has 11 heteroatoms. The number of halogens is 1. The number of ether oxygens (including phenoxy) is 2. The van der Waals surface area contributed by atoms with Gasteiger partial charge in [-0.15, -0.1) is 11.3 Å². The average molecular weight is 477 g/mol. The number of benzene rings is 2. The molecule has 2 aromatic carbocycles. The van der Waals surface area contributed by atoms with Gasteiger partial charge in [0.25, 0.3) is 10.0 Å². The van der Waals surface area contributed by atoms with Crippen LogP contribution in [-0.2, 0) is 10.0 Å². The van der Waals surface area contributed by atoms with E-state index in [2.05, 4.69) is 20.0 Å². The Kier molecular flexibility index (Phi) is 5.86. The first kappa shape index (κ1) is 21.2. The van der Waals surface area contributed by atoms with Gasteiger partial charge in [0.2, 0.25) is 0 Å². The average Bonchev–Trinajstić information content (AvgIpc) is 3.20. The summed E-state index contributed by atoms with van der Waals surface area (Å²) in [6, 6.07) is 13.8. The number of para-hydroxylation sites is 2. The Hall–Kier alpha value is -3.08. The molecular formula is C20H17ClN4O4S2. The molecule has 0 saturated heterocycles. The van der Waals surface area contributed by atoms with Crippen LogP contribution in [0.3, 0.4) is 0 Å². The molecule has 8 nitrogen and oxygen atoms in total. The summed E-state index contributed by atoms with van der Waals surface area (Å²) in [7, 11) is -0.893. The largest absolute Gasteiger partial charge is 0.497 e. The van der Waals surface area contributed by atoms with Crippen molar-refractivity contribution < 1.29 is 17.9 Å². The Balaban J connectivity index is 1.80. The van der Waals surface area contributed by atoms with Gasteiger partial charge < -0.3 is 14.8 Å². The fourth-order valence-electron chi connectivity index (χ4n) is 2.83. The van der Waals surface area contributed by atoms with Crippen LogP contribution in [0.15, 0.2) is 58.8 Å². The van der Waals surface area contributed by atoms with Crippen LogP contribution < -0.4 is 19.5 Å². The molecule has 0 aliphatic carbocycles. The molecule has 4 aromatic rings. The molecule has 160 valence electrons. The van der Waals surface area contributed by atoms with Crippen molar-refractivity contribution in [3.63, 3.8) is 0 Å². The van der Waals surface area contributed by atoms with Crippen LogP contribution in [0.2, 0.25) is 4.34 Å². The monoisotopic (exact) mass is 476 g/mol. The second-order valence-electron chi connectivity index (χ2n) is 6.30. The molecule has 0 bridgehead atoms. The van der Waals surface area contributed by atoms with Gasteiger partial charge in [-0.05, 0) is 23.6 Å². The summed E-state index contributed by atoms with van der Waals surface area (Å²) >= 11 is 7.17. The standard InChI is InChI=1S/C20H17ClN4O4S2/c1-28-13-9-12(10-14(11-13)29-2)22-19-20(24-16-6-4-3-5-15(16)23-19)25-31(26,27)17-7-8-30-18(17)21/h3-11H,1-2H3,(H,22,23)(H,24,25). The quantitative estimate of drug-likeness (QED) is 0.390. The van der Waals surface area contributed by atoms with Gasteiger partial charge in [0.15, 0.2) is 11.6 Å². The van der Waals surface area contributed by atoms with Crippen molar-refractivity contribution in [3.05, 3.63) is 58.2 Å². The van der Waals surface area contributed by atoms with E-state index in [1.54, 1.807) is 56.0 Å². The molecule has 2 N–H and O–H groups in total. The van der Waals surface area contributed by atoms with Crippen LogP contribution in [-0.4, -0.2) is 32.6 Å².